The van der Waals surface area contributed by atoms with Gasteiger partial charge in [-0.25, -0.2) is 8.78 Å². The van der Waals surface area contributed by atoms with Gasteiger partial charge in [0.15, 0.2) is 6.61 Å². The number of quaternary nitrogens is 1. The van der Waals surface area contributed by atoms with Crippen LogP contribution in [0.3, 0.4) is 0 Å². The van der Waals surface area contributed by atoms with Crippen molar-refractivity contribution < 1.29 is 40.5 Å². The molecule has 0 aliphatic carbocycles. The molecule has 3 rings (SSSR count). The fourth-order valence-electron chi connectivity index (χ4n) is 3.69. The van der Waals surface area contributed by atoms with Crippen molar-refractivity contribution in [2.45, 2.75) is 19.8 Å². The molecule has 8 heteroatoms. The molecule has 1 aliphatic rings. The summed E-state index contributed by atoms with van der Waals surface area (Å²) in [6.07, 6.45) is 1.80. The summed E-state index contributed by atoms with van der Waals surface area (Å²) in [5.74, 6) is -1.11. The fraction of sp³-hybridized carbons (Fsp3) is 0.391. The Kier molecular flexibility index (Phi) is 9.88. The number of piperidine rings is 1. The summed E-state index contributed by atoms with van der Waals surface area (Å²) in [5.41, 5.74) is 0.925. The lowest BCUT2D eigenvalue weighted by atomic mass is 9.98. The first-order chi connectivity index (χ1) is 14.6. The summed E-state index contributed by atoms with van der Waals surface area (Å²) in [6.45, 7) is 4.82. The highest BCUT2D eigenvalue weighted by atomic mass is 35.5. The summed E-state index contributed by atoms with van der Waals surface area (Å²) in [6, 6.07) is 12.0. The largest absolute Gasteiger partial charge is 1.00 e. The lowest BCUT2D eigenvalue weighted by molar-refractivity contribution is -0.908. The number of oxime groups is 1. The van der Waals surface area contributed by atoms with Gasteiger partial charge in [0.2, 0.25) is 0 Å². The highest BCUT2D eigenvalue weighted by molar-refractivity contribution is 6.12. The van der Waals surface area contributed by atoms with E-state index in [9.17, 15) is 13.6 Å². The zero-order valence-corrected chi connectivity index (χ0v) is 18.2. The van der Waals surface area contributed by atoms with Crippen LogP contribution in [0.4, 0.5) is 8.78 Å². The van der Waals surface area contributed by atoms with E-state index in [1.54, 1.807) is 30.3 Å². The summed E-state index contributed by atoms with van der Waals surface area (Å²) in [4.78, 5) is 18.7. The smallest absolute Gasteiger partial charge is 0.314 e. The molecule has 0 aromatic heterocycles. The second-order valence-electron chi connectivity index (χ2n) is 7.31. The van der Waals surface area contributed by atoms with Gasteiger partial charge in [0.05, 0.1) is 19.7 Å². The molecule has 0 radical (unpaired) electrons. The molecule has 1 fully saturated rings. The van der Waals surface area contributed by atoms with E-state index in [-0.39, 0.29) is 35.6 Å². The van der Waals surface area contributed by atoms with E-state index in [0.717, 1.165) is 19.4 Å². The van der Waals surface area contributed by atoms with Gasteiger partial charge in [0.25, 0.3) is 0 Å². The number of rotatable bonds is 8. The number of carbonyl (C=O) groups excluding carboxylic acids is 1. The van der Waals surface area contributed by atoms with Crippen LogP contribution in [-0.4, -0.2) is 44.5 Å². The Labute approximate surface area is 187 Å². The van der Waals surface area contributed by atoms with E-state index in [1.807, 2.05) is 6.92 Å². The van der Waals surface area contributed by atoms with Crippen LogP contribution in [0.1, 0.15) is 30.9 Å². The first-order valence-electron chi connectivity index (χ1n) is 10.3. The van der Waals surface area contributed by atoms with Crippen molar-refractivity contribution in [2.24, 2.45) is 11.1 Å². The fourth-order valence-corrected chi connectivity index (χ4v) is 3.69. The Balaban J connectivity index is 0.00000341. The van der Waals surface area contributed by atoms with Crippen LogP contribution in [0, 0.1) is 17.6 Å². The van der Waals surface area contributed by atoms with Gasteiger partial charge in [-0.3, -0.25) is 4.79 Å². The van der Waals surface area contributed by atoms with Crippen molar-refractivity contribution in [3.8, 4) is 0 Å². The molecule has 0 bridgehead atoms. The van der Waals surface area contributed by atoms with Gasteiger partial charge in [-0.1, -0.05) is 29.4 Å². The molecule has 0 amide bonds. The number of carbonyl (C=O) groups is 1. The van der Waals surface area contributed by atoms with Crippen LogP contribution < -0.4 is 17.3 Å². The van der Waals surface area contributed by atoms with E-state index in [2.05, 4.69) is 5.16 Å². The van der Waals surface area contributed by atoms with Crippen LogP contribution in [0.15, 0.2) is 53.7 Å². The Morgan fingerprint density at radius 1 is 1.19 bits per heavy atom. The second kappa shape index (κ2) is 12.4. The van der Waals surface area contributed by atoms with E-state index < -0.39 is 11.6 Å². The summed E-state index contributed by atoms with van der Waals surface area (Å²) in [7, 11) is 0. The third kappa shape index (κ3) is 7.01. The molecule has 1 unspecified atom stereocenters. The van der Waals surface area contributed by atoms with E-state index in [4.69, 9.17) is 9.57 Å². The van der Waals surface area contributed by atoms with Crippen LogP contribution in [0.2, 0.25) is 0 Å². The minimum absolute atomic E-state index is 0. The minimum Gasteiger partial charge on any atom is -1.00 e. The quantitative estimate of drug-likeness (QED) is 0.256. The number of hydrogen-bond acceptors (Lipinski definition) is 4. The molecule has 5 nitrogen and oxygen atoms in total. The first kappa shape index (κ1) is 24.8. The van der Waals surface area contributed by atoms with Crippen molar-refractivity contribution in [1.82, 2.24) is 0 Å². The number of halogens is 3. The molecular formula is C23H27ClF2N2O3. The Bertz CT molecular complexity index is 895. The highest BCUT2D eigenvalue weighted by Gasteiger charge is 2.29. The van der Waals surface area contributed by atoms with Gasteiger partial charge >= 0.3 is 5.97 Å². The Hall–Kier alpha value is -2.51. The number of esters is 1. The van der Waals surface area contributed by atoms with Gasteiger partial charge in [-0.15, -0.1) is 0 Å². The maximum atomic E-state index is 14.3. The molecule has 1 saturated heterocycles. The van der Waals surface area contributed by atoms with E-state index in [1.165, 1.54) is 23.1 Å². The van der Waals surface area contributed by atoms with E-state index in [0.29, 0.717) is 31.9 Å². The molecule has 0 spiro atoms. The molecule has 0 saturated carbocycles. The van der Waals surface area contributed by atoms with Crippen LogP contribution >= 0.6 is 0 Å². The molecule has 2 atom stereocenters. The number of benzene rings is 2. The molecular weight excluding hydrogens is 426 g/mol. The van der Waals surface area contributed by atoms with Crippen molar-refractivity contribution in [2.75, 3.05) is 32.8 Å². The Morgan fingerprint density at radius 2 is 2.00 bits per heavy atom. The molecule has 1 heterocycles. The molecule has 31 heavy (non-hydrogen) atoms. The van der Waals surface area contributed by atoms with Crippen molar-refractivity contribution >= 4 is 11.7 Å². The predicted molar refractivity (Wildman–Crippen MR) is 109 cm³/mol. The minimum atomic E-state index is -0.456. The van der Waals surface area contributed by atoms with Gasteiger partial charge in [0.1, 0.15) is 29.8 Å². The van der Waals surface area contributed by atoms with Crippen molar-refractivity contribution in [3.05, 3.63) is 71.3 Å². The SMILES string of the molecule is CCOC(=O)[C@@H]1CCC[NH+](CCO/N=C(\c2cccc(F)c2)c2ccccc2F)C1.[Cl-]. The summed E-state index contributed by atoms with van der Waals surface area (Å²) >= 11 is 0. The van der Waals surface area contributed by atoms with Crippen LogP contribution in [0.5, 0.6) is 0 Å². The number of ether oxygens (including phenoxy) is 1. The lowest BCUT2D eigenvalue weighted by Gasteiger charge is -2.28. The third-order valence-electron chi connectivity index (χ3n) is 5.17. The monoisotopic (exact) mass is 452 g/mol. The zero-order chi connectivity index (χ0) is 21.3. The van der Waals surface area contributed by atoms with E-state index >= 15 is 0 Å². The first-order valence-corrected chi connectivity index (χ1v) is 10.3. The van der Waals surface area contributed by atoms with Crippen LogP contribution in [-0.2, 0) is 14.4 Å². The van der Waals surface area contributed by atoms with Crippen molar-refractivity contribution in [1.29, 1.82) is 0 Å². The molecule has 168 valence electrons. The third-order valence-corrected chi connectivity index (χ3v) is 5.17. The molecule has 2 aromatic carbocycles. The lowest BCUT2D eigenvalue weighted by Crippen LogP contribution is -3.14. The number of hydrogen-bond donors (Lipinski definition) is 1. The highest BCUT2D eigenvalue weighted by Crippen LogP contribution is 2.16. The number of nitrogens with zero attached hydrogens (tertiary/aromatic N) is 1. The average molecular weight is 453 g/mol. The average Bonchev–Trinajstić information content (AvgIpc) is 2.75. The summed E-state index contributed by atoms with van der Waals surface area (Å²) in [5, 5.41) is 4.14. The maximum Gasteiger partial charge on any atom is 0.314 e. The molecule has 1 N–H and O–H groups in total. The molecule has 1 aliphatic heterocycles. The number of nitrogens with one attached hydrogen (secondary N) is 1. The van der Waals surface area contributed by atoms with Gasteiger partial charge in [0, 0.05) is 11.1 Å². The van der Waals surface area contributed by atoms with Crippen molar-refractivity contribution in [3.63, 3.8) is 0 Å². The predicted octanol–water partition coefficient (Wildman–Crippen LogP) is -0.404. The zero-order valence-electron chi connectivity index (χ0n) is 17.5. The standard InChI is InChI=1S/C23H26F2N2O3.ClH/c1-2-29-23(28)18-8-6-12-27(16-18)13-14-30-26-22(17-7-5-9-19(24)15-17)20-10-3-4-11-21(20)25;/h3-5,7,9-11,15,18H,2,6,8,12-14,16H2,1H3;1H/b26-22+;/t18-;/m1./s1. The van der Waals surface area contributed by atoms with Gasteiger partial charge in [-0.05, 0) is 44.0 Å². The van der Waals surface area contributed by atoms with Gasteiger partial charge in [-0.2, -0.15) is 0 Å². The van der Waals surface area contributed by atoms with Crippen LogP contribution in [0.25, 0.3) is 0 Å². The second-order valence-corrected chi connectivity index (χ2v) is 7.31. The summed E-state index contributed by atoms with van der Waals surface area (Å²) < 4.78 is 33.2. The maximum absolute atomic E-state index is 14.3. The topological polar surface area (TPSA) is 52.3 Å². The Morgan fingerprint density at radius 3 is 2.74 bits per heavy atom. The number of likely N-dealkylation sites (tertiary alicyclic amines) is 1. The normalized spacial score (nSPS) is 18.7. The molecule has 2 aromatic rings. The van der Waals surface area contributed by atoms with Gasteiger partial charge < -0.3 is 26.9 Å².